The molecule has 0 saturated carbocycles. The largest absolute Gasteiger partial charge is 0.469 e. The van der Waals surface area contributed by atoms with E-state index in [1.807, 2.05) is 18.2 Å². The summed E-state index contributed by atoms with van der Waals surface area (Å²) in [5.74, 6) is -2.62. The maximum atomic E-state index is 12.8. The third-order valence-corrected chi connectivity index (χ3v) is 4.68. The zero-order valence-electron chi connectivity index (χ0n) is 14.4. The Kier molecular flexibility index (Phi) is 5.58. The molecule has 0 amide bonds. The van der Waals surface area contributed by atoms with Gasteiger partial charge in [-0.2, -0.15) is 8.75 Å². The van der Waals surface area contributed by atoms with E-state index in [-0.39, 0.29) is 6.61 Å². The number of carbonyl (C=O) groups is 2. The van der Waals surface area contributed by atoms with Gasteiger partial charge in [0.2, 0.25) is 0 Å². The topological polar surface area (TPSA) is 78.4 Å². The molecule has 134 valence electrons. The van der Waals surface area contributed by atoms with E-state index in [9.17, 15) is 9.59 Å². The highest BCUT2D eigenvalue weighted by Crippen LogP contribution is 2.36. The molecule has 0 aliphatic carbocycles. The first-order valence-corrected chi connectivity index (χ1v) is 8.90. The average molecular weight is 370 g/mol. The van der Waals surface area contributed by atoms with Gasteiger partial charge in [0.1, 0.15) is 11.0 Å². The first kappa shape index (κ1) is 18.0. The highest BCUT2D eigenvalue weighted by molar-refractivity contribution is 7.00. The van der Waals surface area contributed by atoms with Crippen LogP contribution in [0.15, 0.2) is 48.5 Å². The minimum Gasteiger partial charge on any atom is -0.469 e. The maximum absolute atomic E-state index is 12.8. The molecule has 0 aliphatic heterocycles. The van der Waals surface area contributed by atoms with E-state index in [2.05, 4.69) is 8.75 Å². The van der Waals surface area contributed by atoms with Crippen LogP contribution in [0, 0.1) is 0 Å². The van der Waals surface area contributed by atoms with Crippen LogP contribution in [0.2, 0.25) is 0 Å². The fraction of sp³-hybridized carbons (Fsp3) is 0.263. The van der Waals surface area contributed by atoms with E-state index in [0.29, 0.717) is 16.6 Å². The molecule has 0 saturated heterocycles. The van der Waals surface area contributed by atoms with Crippen LogP contribution in [0.4, 0.5) is 0 Å². The van der Waals surface area contributed by atoms with Crippen molar-refractivity contribution in [2.75, 3.05) is 13.7 Å². The molecule has 3 aromatic rings. The van der Waals surface area contributed by atoms with Crippen LogP contribution in [0.3, 0.4) is 0 Å². The van der Waals surface area contributed by atoms with Gasteiger partial charge in [0.05, 0.1) is 37.3 Å². The number of benzene rings is 2. The number of hydrogen-bond donors (Lipinski definition) is 0. The van der Waals surface area contributed by atoms with Gasteiger partial charge >= 0.3 is 11.9 Å². The summed E-state index contributed by atoms with van der Waals surface area (Å²) in [6.45, 7) is 1.96. The average Bonchev–Trinajstić information content (AvgIpc) is 3.14. The lowest BCUT2D eigenvalue weighted by Crippen LogP contribution is -2.29. The van der Waals surface area contributed by atoms with Gasteiger partial charge in [0, 0.05) is 0 Å². The van der Waals surface area contributed by atoms with Gasteiger partial charge in [-0.1, -0.05) is 36.4 Å². The molecule has 2 unspecified atom stereocenters. The van der Waals surface area contributed by atoms with E-state index in [1.165, 1.54) is 7.11 Å². The summed E-state index contributed by atoms with van der Waals surface area (Å²) >= 11 is 1.10. The molecule has 0 radical (unpaired) electrons. The summed E-state index contributed by atoms with van der Waals surface area (Å²) in [4.78, 5) is 25.4. The number of methoxy groups -OCH3 is 1. The second-order valence-corrected chi connectivity index (χ2v) is 6.18. The quantitative estimate of drug-likeness (QED) is 0.620. The predicted molar refractivity (Wildman–Crippen MR) is 98.0 cm³/mol. The van der Waals surface area contributed by atoms with Gasteiger partial charge in [0.25, 0.3) is 0 Å². The molecular weight excluding hydrogens is 352 g/mol. The van der Waals surface area contributed by atoms with Crippen molar-refractivity contribution in [3.8, 4) is 0 Å². The second kappa shape index (κ2) is 8.05. The van der Waals surface area contributed by atoms with Gasteiger partial charge in [-0.15, -0.1) is 0 Å². The van der Waals surface area contributed by atoms with Crippen LogP contribution in [-0.4, -0.2) is 34.4 Å². The third-order valence-electron chi connectivity index (χ3n) is 4.12. The molecule has 0 spiro atoms. The number of fused-ring (bicyclic) bond motifs is 1. The lowest BCUT2D eigenvalue weighted by molar-refractivity contribution is -0.152. The number of rotatable bonds is 6. The highest BCUT2D eigenvalue weighted by atomic mass is 32.1. The van der Waals surface area contributed by atoms with Crippen LogP contribution in [0.25, 0.3) is 11.0 Å². The summed E-state index contributed by atoms with van der Waals surface area (Å²) in [5, 5.41) is 0. The van der Waals surface area contributed by atoms with E-state index >= 15 is 0 Å². The fourth-order valence-electron chi connectivity index (χ4n) is 2.94. The fourth-order valence-corrected chi connectivity index (χ4v) is 3.46. The summed E-state index contributed by atoms with van der Waals surface area (Å²) < 4.78 is 18.7. The maximum Gasteiger partial charge on any atom is 0.314 e. The molecule has 3 rings (SSSR count). The Labute approximate surface area is 155 Å². The Hall–Kier alpha value is -2.80. The smallest absolute Gasteiger partial charge is 0.314 e. The summed E-state index contributed by atoms with van der Waals surface area (Å²) in [5.41, 5.74) is 2.76. The van der Waals surface area contributed by atoms with Crippen molar-refractivity contribution < 1.29 is 19.1 Å². The van der Waals surface area contributed by atoms with Gasteiger partial charge < -0.3 is 9.47 Å². The van der Waals surface area contributed by atoms with E-state index in [0.717, 1.165) is 17.2 Å². The summed E-state index contributed by atoms with van der Waals surface area (Å²) in [7, 11) is 1.31. The Bertz CT molecular complexity index is 910. The number of ether oxygens (including phenoxy) is 2. The first-order chi connectivity index (χ1) is 12.7. The number of esters is 2. The molecule has 7 heteroatoms. The normalized spacial score (nSPS) is 13.2. The Morgan fingerprint density at radius 1 is 0.962 bits per heavy atom. The minimum atomic E-state index is -0.837. The summed E-state index contributed by atoms with van der Waals surface area (Å²) in [6, 6.07) is 14.4. The van der Waals surface area contributed by atoms with Crippen LogP contribution in [-0.2, 0) is 19.1 Å². The zero-order chi connectivity index (χ0) is 18.5. The molecule has 0 bridgehead atoms. The molecule has 0 aliphatic rings. The Balaban J connectivity index is 2.13. The van der Waals surface area contributed by atoms with Crippen molar-refractivity contribution in [3.05, 3.63) is 59.7 Å². The third kappa shape index (κ3) is 3.57. The van der Waals surface area contributed by atoms with Crippen molar-refractivity contribution >= 4 is 34.7 Å². The molecule has 1 aromatic heterocycles. The van der Waals surface area contributed by atoms with E-state index < -0.39 is 23.8 Å². The van der Waals surface area contributed by atoms with Gasteiger partial charge in [0.15, 0.2) is 0 Å². The Morgan fingerprint density at radius 3 is 2.35 bits per heavy atom. The van der Waals surface area contributed by atoms with Crippen molar-refractivity contribution in [1.82, 2.24) is 8.75 Å². The number of nitrogens with zero attached hydrogens (tertiary/aromatic N) is 2. The molecule has 2 aromatic carbocycles. The molecule has 2 atom stereocenters. The van der Waals surface area contributed by atoms with Gasteiger partial charge in [-0.05, 0) is 30.2 Å². The number of hydrogen-bond acceptors (Lipinski definition) is 7. The van der Waals surface area contributed by atoms with Crippen LogP contribution in [0.1, 0.15) is 29.9 Å². The zero-order valence-corrected chi connectivity index (χ0v) is 15.2. The highest BCUT2D eigenvalue weighted by Gasteiger charge is 2.38. The van der Waals surface area contributed by atoms with Crippen LogP contribution < -0.4 is 0 Å². The predicted octanol–water partition coefficient (Wildman–Crippen LogP) is 3.29. The molecule has 6 nitrogen and oxygen atoms in total. The minimum absolute atomic E-state index is 0.221. The van der Waals surface area contributed by atoms with Crippen molar-refractivity contribution in [2.24, 2.45) is 0 Å². The van der Waals surface area contributed by atoms with E-state index in [4.69, 9.17) is 9.47 Å². The van der Waals surface area contributed by atoms with Crippen LogP contribution >= 0.6 is 11.7 Å². The molecule has 1 heterocycles. The van der Waals surface area contributed by atoms with Crippen molar-refractivity contribution in [3.63, 3.8) is 0 Å². The molecular formula is C19H18N2O4S. The molecule has 26 heavy (non-hydrogen) atoms. The first-order valence-electron chi connectivity index (χ1n) is 8.17. The molecule has 0 fully saturated rings. The number of aromatic nitrogens is 2. The van der Waals surface area contributed by atoms with Crippen molar-refractivity contribution in [2.45, 2.75) is 18.8 Å². The van der Waals surface area contributed by atoms with E-state index in [1.54, 1.807) is 37.3 Å². The van der Waals surface area contributed by atoms with Crippen molar-refractivity contribution in [1.29, 1.82) is 0 Å². The standard InChI is InChI=1S/C19H18N2O4S/c1-3-25-19(23)17(13-9-10-14-15(11-13)21-26-20-14)16(18(22)24-2)12-7-5-4-6-8-12/h4-11,16-17H,3H2,1-2H3. The summed E-state index contributed by atoms with van der Waals surface area (Å²) in [6.07, 6.45) is 0. The van der Waals surface area contributed by atoms with Gasteiger partial charge in [-0.3, -0.25) is 9.59 Å². The van der Waals surface area contributed by atoms with Gasteiger partial charge in [-0.25, -0.2) is 0 Å². The number of carbonyl (C=O) groups excluding carboxylic acids is 2. The Morgan fingerprint density at radius 2 is 1.65 bits per heavy atom. The second-order valence-electron chi connectivity index (χ2n) is 5.65. The monoisotopic (exact) mass is 370 g/mol. The lowest BCUT2D eigenvalue weighted by atomic mass is 9.81. The molecule has 0 N–H and O–H groups in total. The van der Waals surface area contributed by atoms with Crippen LogP contribution in [0.5, 0.6) is 0 Å². The lowest BCUT2D eigenvalue weighted by Gasteiger charge is -2.24. The SMILES string of the molecule is CCOC(=O)C(c1ccc2nsnc2c1)C(C(=O)OC)c1ccccc1.